The van der Waals surface area contributed by atoms with Gasteiger partial charge < -0.3 is 14.5 Å². The molecule has 2 heterocycles. The van der Waals surface area contributed by atoms with Gasteiger partial charge in [-0.05, 0) is 45.5 Å². The highest BCUT2D eigenvalue weighted by Crippen LogP contribution is 2.24. The number of ether oxygens (including phenoxy) is 1. The van der Waals surface area contributed by atoms with Gasteiger partial charge in [0, 0.05) is 38.3 Å². The lowest BCUT2D eigenvalue weighted by molar-refractivity contribution is 0.0655. The number of aromatic nitrogens is 2. The van der Waals surface area contributed by atoms with Gasteiger partial charge in [-0.3, -0.25) is 9.69 Å². The number of carbonyl (C=O) groups is 1. The van der Waals surface area contributed by atoms with Crippen molar-refractivity contribution in [2.45, 2.75) is 19.4 Å². The summed E-state index contributed by atoms with van der Waals surface area (Å²) in [4.78, 5) is 19.5. The maximum absolute atomic E-state index is 12.9. The van der Waals surface area contributed by atoms with Gasteiger partial charge in [-0.1, -0.05) is 18.2 Å². The summed E-state index contributed by atoms with van der Waals surface area (Å²) >= 11 is 1.08. The Balaban J connectivity index is 1.63. The van der Waals surface area contributed by atoms with Crippen LogP contribution in [0.4, 0.5) is 0 Å². The first-order chi connectivity index (χ1) is 14.1. The molecular formula is C21H31N5O2S. The molecule has 1 saturated heterocycles. The molecule has 1 atom stereocenters. The van der Waals surface area contributed by atoms with Crippen LogP contribution < -0.4 is 4.74 Å². The number of likely N-dealkylation sites (N-methyl/N-ethyl adjacent to an activating group) is 1. The number of piperidine rings is 1. The summed E-state index contributed by atoms with van der Waals surface area (Å²) in [5.41, 5.74) is 1.67. The van der Waals surface area contributed by atoms with Gasteiger partial charge in [-0.25, -0.2) is 0 Å². The molecule has 0 aliphatic carbocycles. The maximum Gasteiger partial charge on any atom is 0.275 e. The number of nitrogens with zero attached hydrogens (tertiary/aromatic N) is 5. The Morgan fingerprint density at radius 2 is 2.14 bits per heavy atom. The van der Waals surface area contributed by atoms with Gasteiger partial charge >= 0.3 is 0 Å². The Bertz CT molecular complexity index is 768. The molecule has 1 aliphatic rings. The molecule has 0 spiro atoms. The van der Waals surface area contributed by atoms with Crippen molar-refractivity contribution in [2.24, 2.45) is 5.92 Å². The highest BCUT2D eigenvalue weighted by atomic mass is 32.1. The number of amides is 1. The number of benzene rings is 1. The Hall–Kier alpha value is -2.03. The molecule has 1 fully saturated rings. The van der Waals surface area contributed by atoms with Gasteiger partial charge in [0.1, 0.15) is 5.75 Å². The lowest BCUT2D eigenvalue weighted by Crippen LogP contribution is -2.44. The summed E-state index contributed by atoms with van der Waals surface area (Å²) in [6.07, 6.45) is 3.86. The molecule has 158 valence electrons. The number of hydrogen-bond acceptors (Lipinski definition) is 7. The number of carbonyl (C=O) groups excluding carboxylic acids is 1. The van der Waals surface area contributed by atoms with E-state index in [2.05, 4.69) is 30.7 Å². The summed E-state index contributed by atoms with van der Waals surface area (Å²) in [6, 6.07) is 8.20. The largest absolute Gasteiger partial charge is 0.496 e. The van der Waals surface area contributed by atoms with Crippen molar-refractivity contribution in [3.05, 3.63) is 41.7 Å². The standard InChI is InChI=1S/C21H31N5O2S/c1-24(2)11-12-26(21(27)19-13-22-29-23-19)15-17-7-6-10-25(14-17)16-18-8-4-5-9-20(18)28-3/h4-5,8-9,13,17H,6-7,10-12,14-16H2,1-3H3. The minimum atomic E-state index is -0.0116. The normalized spacial score (nSPS) is 17.4. The van der Waals surface area contributed by atoms with Crippen LogP contribution in [0.25, 0.3) is 0 Å². The minimum absolute atomic E-state index is 0.0116. The molecule has 0 radical (unpaired) electrons. The van der Waals surface area contributed by atoms with Crippen LogP contribution in [0, 0.1) is 5.92 Å². The number of para-hydroxylation sites is 1. The van der Waals surface area contributed by atoms with E-state index in [4.69, 9.17) is 4.74 Å². The van der Waals surface area contributed by atoms with Crippen molar-refractivity contribution in [3.8, 4) is 5.75 Å². The topological polar surface area (TPSA) is 61.8 Å². The van der Waals surface area contributed by atoms with Gasteiger partial charge in [0.25, 0.3) is 5.91 Å². The maximum atomic E-state index is 12.9. The van der Waals surface area contributed by atoms with E-state index in [1.165, 1.54) is 5.56 Å². The molecule has 2 aromatic rings. The van der Waals surface area contributed by atoms with Crippen LogP contribution in [0.2, 0.25) is 0 Å². The van der Waals surface area contributed by atoms with Crippen LogP contribution in [0.3, 0.4) is 0 Å². The number of rotatable bonds is 9. The SMILES string of the molecule is COc1ccccc1CN1CCCC(CN(CCN(C)C)C(=O)c2cnsn2)C1. The highest BCUT2D eigenvalue weighted by Gasteiger charge is 2.26. The van der Waals surface area contributed by atoms with Crippen LogP contribution >= 0.6 is 11.7 Å². The third-order valence-corrected chi connectivity index (χ3v) is 5.83. The zero-order chi connectivity index (χ0) is 20.6. The van der Waals surface area contributed by atoms with Crippen molar-refractivity contribution in [1.29, 1.82) is 0 Å². The van der Waals surface area contributed by atoms with Crippen molar-refractivity contribution < 1.29 is 9.53 Å². The summed E-state index contributed by atoms with van der Waals surface area (Å²) in [6.45, 7) is 5.23. The Labute approximate surface area is 177 Å². The smallest absolute Gasteiger partial charge is 0.275 e. The fraction of sp³-hybridized carbons (Fsp3) is 0.571. The molecule has 3 rings (SSSR count). The van der Waals surface area contributed by atoms with Gasteiger partial charge in [-0.15, -0.1) is 0 Å². The Kier molecular flexibility index (Phi) is 7.97. The molecule has 1 unspecified atom stereocenters. The van der Waals surface area contributed by atoms with Gasteiger partial charge in [0.15, 0.2) is 5.69 Å². The summed E-state index contributed by atoms with van der Waals surface area (Å²) < 4.78 is 13.7. The molecule has 8 heteroatoms. The molecule has 1 amide bonds. The lowest BCUT2D eigenvalue weighted by Gasteiger charge is -2.36. The van der Waals surface area contributed by atoms with E-state index in [1.807, 2.05) is 31.1 Å². The van der Waals surface area contributed by atoms with E-state index in [1.54, 1.807) is 13.3 Å². The zero-order valence-electron chi connectivity index (χ0n) is 17.6. The van der Waals surface area contributed by atoms with E-state index in [9.17, 15) is 4.79 Å². The average molecular weight is 418 g/mol. The second-order valence-corrected chi connectivity index (χ2v) is 8.46. The van der Waals surface area contributed by atoms with Crippen molar-refractivity contribution in [3.63, 3.8) is 0 Å². The van der Waals surface area contributed by atoms with Crippen LogP contribution in [-0.4, -0.2) is 83.3 Å². The first kappa shape index (κ1) is 21.7. The van der Waals surface area contributed by atoms with Gasteiger partial charge in [0.05, 0.1) is 25.0 Å². The Morgan fingerprint density at radius 3 is 2.86 bits per heavy atom. The fourth-order valence-corrected chi connectivity index (χ4v) is 4.25. The summed E-state index contributed by atoms with van der Waals surface area (Å²) in [7, 11) is 5.78. The predicted molar refractivity (Wildman–Crippen MR) is 115 cm³/mol. The van der Waals surface area contributed by atoms with Crippen molar-refractivity contribution >= 4 is 17.6 Å². The second-order valence-electron chi connectivity index (χ2n) is 7.90. The van der Waals surface area contributed by atoms with E-state index in [0.717, 1.165) is 63.0 Å². The molecule has 0 saturated carbocycles. The number of hydrogen-bond donors (Lipinski definition) is 0. The molecule has 7 nitrogen and oxygen atoms in total. The molecule has 0 N–H and O–H groups in total. The van der Waals surface area contributed by atoms with Crippen LogP contribution in [0.15, 0.2) is 30.5 Å². The number of methoxy groups -OCH3 is 1. The van der Waals surface area contributed by atoms with Crippen molar-refractivity contribution in [2.75, 3.05) is 53.9 Å². The van der Waals surface area contributed by atoms with E-state index in [-0.39, 0.29) is 5.91 Å². The van der Waals surface area contributed by atoms with Gasteiger partial charge in [0.2, 0.25) is 0 Å². The first-order valence-corrected chi connectivity index (χ1v) is 10.9. The van der Waals surface area contributed by atoms with Crippen molar-refractivity contribution in [1.82, 2.24) is 23.4 Å². The first-order valence-electron chi connectivity index (χ1n) is 10.1. The second kappa shape index (κ2) is 10.7. The zero-order valence-corrected chi connectivity index (χ0v) is 18.4. The molecule has 1 aliphatic heterocycles. The minimum Gasteiger partial charge on any atom is -0.496 e. The molecule has 1 aromatic heterocycles. The molecular weight excluding hydrogens is 386 g/mol. The van der Waals surface area contributed by atoms with Gasteiger partial charge in [-0.2, -0.15) is 8.75 Å². The predicted octanol–water partition coefficient (Wildman–Crippen LogP) is 2.46. The lowest BCUT2D eigenvalue weighted by atomic mass is 9.96. The third-order valence-electron chi connectivity index (χ3n) is 5.35. The van der Waals surface area contributed by atoms with E-state index in [0.29, 0.717) is 18.2 Å². The average Bonchev–Trinajstić information content (AvgIpc) is 3.26. The monoisotopic (exact) mass is 417 g/mol. The highest BCUT2D eigenvalue weighted by molar-refractivity contribution is 6.99. The third kappa shape index (κ3) is 6.22. The van der Waals surface area contributed by atoms with E-state index >= 15 is 0 Å². The Morgan fingerprint density at radius 1 is 1.31 bits per heavy atom. The summed E-state index contributed by atoms with van der Waals surface area (Å²) in [5, 5.41) is 0. The summed E-state index contributed by atoms with van der Waals surface area (Å²) in [5.74, 6) is 1.38. The van der Waals surface area contributed by atoms with E-state index < -0.39 is 0 Å². The van der Waals surface area contributed by atoms with Crippen LogP contribution in [0.5, 0.6) is 5.75 Å². The molecule has 29 heavy (non-hydrogen) atoms. The van der Waals surface area contributed by atoms with Crippen LogP contribution in [0.1, 0.15) is 28.9 Å². The molecule has 1 aromatic carbocycles. The van der Waals surface area contributed by atoms with Crippen LogP contribution in [-0.2, 0) is 6.54 Å². The fourth-order valence-electron chi connectivity index (χ4n) is 3.85. The number of likely N-dealkylation sites (tertiary alicyclic amines) is 1. The quantitative estimate of drug-likeness (QED) is 0.625. The molecule has 0 bridgehead atoms.